The lowest BCUT2D eigenvalue weighted by molar-refractivity contribution is 0.959. The summed E-state index contributed by atoms with van der Waals surface area (Å²) in [5.74, 6) is 0. The van der Waals surface area contributed by atoms with E-state index >= 15 is 0 Å². The lowest BCUT2D eigenvalue weighted by Gasteiger charge is -2.14. The van der Waals surface area contributed by atoms with Gasteiger partial charge in [-0.05, 0) is 74.3 Å². The lowest BCUT2D eigenvalue weighted by Crippen LogP contribution is -1.90. The van der Waals surface area contributed by atoms with Gasteiger partial charge < -0.3 is 0 Å². The van der Waals surface area contributed by atoms with Gasteiger partial charge in [-0.3, -0.25) is 0 Å². The Bertz CT molecular complexity index is 1710. The van der Waals surface area contributed by atoms with E-state index in [4.69, 9.17) is 0 Å². The van der Waals surface area contributed by atoms with Gasteiger partial charge in [0.15, 0.2) is 0 Å². The Hall–Kier alpha value is -4.86. The molecule has 0 aliphatic heterocycles. The van der Waals surface area contributed by atoms with E-state index in [1.54, 1.807) is 0 Å². The van der Waals surface area contributed by atoms with Crippen LogP contribution in [-0.4, -0.2) is 0 Å². The van der Waals surface area contributed by atoms with Crippen molar-refractivity contribution in [1.82, 2.24) is 0 Å². The highest BCUT2D eigenvalue weighted by molar-refractivity contribution is 6.00. The second kappa shape index (κ2) is 14.3. The van der Waals surface area contributed by atoms with E-state index in [1.807, 2.05) is 0 Å². The van der Waals surface area contributed by atoms with Crippen LogP contribution in [0.15, 0.2) is 146 Å². The van der Waals surface area contributed by atoms with Crippen molar-refractivity contribution in [3.8, 4) is 35.1 Å². The Kier molecular flexibility index (Phi) is 10.1. The van der Waals surface area contributed by atoms with Crippen LogP contribution >= 0.6 is 0 Å². The number of hydrogen-bond acceptors (Lipinski definition) is 0. The van der Waals surface area contributed by atoms with E-state index < -0.39 is 0 Å². The molecule has 0 amide bonds. The molecule has 5 aromatic rings. The van der Waals surface area contributed by atoms with E-state index in [-0.39, 0.29) is 0 Å². The third kappa shape index (κ3) is 6.58. The summed E-state index contributed by atoms with van der Waals surface area (Å²) in [6.45, 7) is 4.36. The Balaban J connectivity index is 0.00000181. The Labute approximate surface area is 239 Å². The lowest BCUT2D eigenvalue weighted by atomic mass is 9.90. The molecule has 0 unspecified atom stereocenters. The SMILES string of the molecule is C#C.C/C=C(\C=C/CCC)c1c(-c2ccc(-c3ccc4ccccc4c3)cc2)ccccccc2ccccc12. The van der Waals surface area contributed by atoms with Crippen LogP contribution in [0.4, 0.5) is 0 Å². The van der Waals surface area contributed by atoms with E-state index in [2.05, 4.69) is 172 Å². The molecule has 0 heterocycles. The van der Waals surface area contributed by atoms with Gasteiger partial charge in [-0.1, -0.05) is 153 Å². The molecule has 40 heavy (non-hydrogen) atoms. The normalized spacial score (nSPS) is 11.2. The van der Waals surface area contributed by atoms with Crippen molar-refractivity contribution < 1.29 is 0 Å². The minimum Gasteiger partial charge on any atom is -0.124 e. The van der Waals surface area contributed by atoms with Crippen molar-refractivity contribution in [1.29, 1.82) is 0 Å². The van der Waals surface area contributed by atoms with Crippen molar-refractivity contribution in [2.75, 3.05) is 0 Å². The van der Waals surface area contributed by atoms with Crippen LogP contribution in [0.5, 0.6) is 0 Å². The van der Waals surface area contributed by atoms with Gasteiger partial charge in [0.2, 0.25) is 0 Å². The number of unbranched alkanes of at least 4 members (excludes halogenated alkanes) is 1. The summed E-state index contributed by atoms with van der Waals surface area (Å²) in [5, 5.41) is 5.00. The smallest absolute Gasteiger partial charge is 0.00302 e. The average molecular weight is 517 g/mol. The molecule has 0 atom stereocenters. The van der Waals surface area contributed by atoms with E-state index in [9.17, 15) is 0 Å². The quantitative estimate of drug-likeness (QED) is 0.155. The predicted molar refractivity (Wildman–Crippen MR) is 178 cm³/mol. The highest BCUT2D eigenvalue weighted by Crippen LogP contribution is 2.35. The molecular formula is C40H36. The molecular weight excluding hydrogens is 480 g/mol. The zero-order chi connectivity index (χ0) is 28.2. The number of hydrogen-bond donors (Lipinski definition) is 0. The van der Waals surface area contributed by atoms with Crippen LogP contribution in [0, 0.1) is 12.8 Å². The molecule has 0 heteroatoms. The average Bonchev–Trinajstić information content (AvgIpc) is 3.02. The fourth-order valence-corrected chi connectivity index (χ4v) is 5.00. The molecule has 0 N–H and O–H groups in total. The van der Waals surface area contributed by atoms with Gasteiger partial charge in [-0.25, -0.2) is 0 Å². The first kappa shape index (κ1) is 28.2. The van der Waals surface area contributed by atoms with Gasteiger partial charge in [0, 0.05) is 0 Å². The van der Waals surface area contributed by atoms with Gasteiger partial charge in [-0.2, -0.15) is 0 Å². The molecule has 5 rings (SSSR count). The molecule has 0 fully saturated rings. The fourth-order valence-electron chi connectivity index (χ4n) is 5.00. The maximum absolute atomic E-state index is 4.00. The van der Waals surface area contributed by atoms with Crippen molar-refractivity contribution in [3.05, 3.63) is 151 Å². The molecule has 0 saturated heterocycles. The van der Waals surface area contributed by atoms with Gasteiger partial charge in [0.05, 0.1) is 0 Å². The molecule has 0 saturated carbocycles. The second-order valence-corrected chi connectivity index (χ2v) is 9.55. The molecule has 0 aromatic heterocycles. The minimum absolute atomic E-state index is 1.07. The van der Waals surface area contributed by atoms with Crippen LogP contribution in [0.2, 0.25) is 0 Å². The Morgan fingerprint density at radius 2 is 1.18 bits per heavy atom. The van der Waals surface area contributed by atoms with Crippen LogP contribution in [0.3, 0.4) is 0 Å². The standard InChI is InChI=1S/C38H34.C2H2/c1-3-5-8-15-29(4-2)38-36-21-14-13-18-32(36)17-9-6-7-10-20-37(38)33-25-22-31(23-26-33)35-27-24-30-16-11-12-19-34(30)28-35;1-2/h4,6-28H,3,5H2,1-2H3;1-2H/b7-6?,9-6?,10-7?,15-8-,17-9?,20-10?,29-4+,32-17?,37-20?,38-36?,38-37?;. The van der Waals surface area contributed by atoms with Gasteiger partial charge in [0.1, 0.15) is 0 Å². The molecule has 0 spiro atoms. The largest absolute Gasteiger partial charge is 0.124 e. The molecule has 0 nitrogen and oxygen atoms in total. The third-order valence-corrected chi connectivity index (χ3v) is 7.00. The second-order valence-electron chi connectivity index (χ2n) is 9.55. The first-order chi connectivity index (χ1) is 19.8. The van der Waals surface area contributed by atoms with Crippen LogP contribution < -0.4 is 0 Å². The summed E-state index contributed by atoms with van der Waals surface area (Å²) in [7, 11) is 0. The van der Waals surface area contributed by atoms with Crippen molar-refractivity contribution in [2.24, 2.45) is 0 Å². The zero-order valence-corrected chi connectivity index (χ0v) is 23.4. The maximum atomic E-state index is 4.00. The van der Waals surface area contributed by atoms with Crippen molar-refractivity contribution in [3.63, 3.8) is 0 Å². The van der Waals surface area contributed by atoms with E-state index in [1.165, 1.54) is 54.9 Å². The maximum Gasteiger partial charge on any atom is -0.00302 e. The van der Waals surface area contributed by atoms with Crippen LogP contribution in [-0.2, 0) is 0 Å². The van der Waals surface area contributed by atoms with Crippen LogP contribution in [0.1, 0.15) is 32.3 Å². The third-order valence-electron chi connectivity index (χ3n) is 7.00. The number of benzene rings is 4. The summed E-state index contributed by atoms with van der Waals surface area (Å²) in [5.41, 5.74) is 7.38. The van der Waals surface area contributed by atoms with E-state index in [0.29, 0.717) is 0 Å². The number of fused-ring (bicyclic) bond motifs is 2. The Morgan fingerprint density at radius 3 is 1.88 bits per heavy atom. The van der Waals surface area contributed by atoms with Crippen LogP contribution in [0.25, 0.3) is 49.4 Å². The molecule has 0 radical (unpaired) electrons. The number of terminal acetylenes is 1. The molecule has 0 aliphatic carbocycles. The highest BCUT2D eigenvalue weighted by Gasteiger charge is 2.11. The Morgan fingerprint density at radius 1 is 0.600 bits per heavy atom. The van der Waals surface area contributed by atoms with Gasteiger partial charge in [-0.15, -0.1) is 12.8 Å². The number of rotatable bonds is 6. The summed E-state index contributed by atoms with van der Waals surface area (Å²) >= 11 is 0. The van der Waals surface area contributed by atoms with Gasteiger partial charge >= 0.3 is 0 Å². The minimum atomic E-state index is 1.07. The monoisotopic (exact) mass is 516 g/mol. The first-order valence-corrected chi connectivity index (χ1v) is 13.9. The molecule has 0 aliphatic rings. The zero-order valence-electron chi connectivity index (χ0n) is 23.4. The predicted octanol–water partition coefficient (Wildman–Crippen LogP) is 11.5. The molecule has 0 bridgehead atoms. The topological polar surface area (TPSA) is 0 Å². The fraction of sp³-hybridized carbons (Fsp3) is 0.100. The summed E-state index contributed by atoms with van der Waals surface area (Å²) in [4.78, 5) is 0. The summed E-state index contributed by atoms with van der Waals surface area (Å²) in [6, 6.07) is 45.9. The van der Waals surface area contributed by atoms with Gasteiger partial charge in [0.25, 0.3) is 0 Å². The summed E-state index contributed by atoms with van der Waals surface area (Å²) < 4.78 is 0. The summed E-state index contributed by atoms with van der Waals surface area (Å²) in [6.07, 6.45) is 17.0. The van der Waals surface area contributed by atoms with E-state index in [0.717, 1.165) is 12.8 Å². The molecule has 196 valence electrons. The molecule has 5 aromatic carbocycles. The first-order valence-electron chi connectivity index (χ1n) is 13.9. The van der Waals surface area contributed by atoms with Crippen molar-refractivity contribution >= 4 is 27.1 Å². The highest BCUT2D eigenvalue weighted by atomic mass is 14.1. The van der Waals surface area contributed by atoms with Crippen molar-refractivity contribution in [2.45, 2.75) is 26.7 Å². The number of allylic oxidation sites excluding steroid dienone is 4.